The number of benzene rings is 1. The Morgan fingerprint density at radius 2 is 1.91 bits per heavy atom. The molecule has 1 aromatic heterocycles. The summed E-state index contributed by atoms with van der Waals surface area (Å²) >= 11 is 0. The second-order valence-electron chi connectivity index (χ2n) is 5.62. The molecule has 0 saturated carbocycles. The Balaban J connectivity index is 1.94. The molecule has 0 radical (unpaired) electrons. The molecule has 2 aromatic rings. The number of carbonyl (C=O) groups excluding carboxylic acids is 1. The Kier molecular flexibility index (Phi) is 4.46. The van der Waals surface area contributed by atoms with Gasteiger partial charge in [0.1, 0.15) is 5.75 Å². The first-order valence-electron chi connectivity index (χ1n) is 7.76. The van der Waals surface area contributed by atoms with Crippen molar-refractivity contribution in [3.05, 3.63) is 54.4 Å². The Hall–Kier alpha value is -2.56. The van der Waals surface area contributed by atoms with E-state index in [2.05, 4.69) is 9.88 Å². The molecule has 1 unspecified atom stereocenters. The lowest BCUT2D eigenvalue weighted by Gasteiger charge is -2.42. The molecule has 1 atom stereocenters. The van der Waals surface area contributed by atoms with Crippen LogP contribution in [0.3, 0.4) is 0 Å². The molecule has 120 valence electrons. The molecule has 5 heteroatoms. The maximum absolute atomic E-state index is 12.1. The van der Waals surface area contributed by atoms with E-state index in [-0.39, 0.29) is 11.9 Å². The molecule has 1 aliphatic rings. The predicted octanol–water partition coefficient (Wildman–Crippen LogP) is 2.50. The van der Waals surface area contributed by atoms with Gasteiger partial charge < -0.3 is 14.5 Å². The highest BCUT2D eigenvalue weighted by atomic mass is 16.5. The fraction of sp³-hybridized carbons (Fsp3) is 0.333. The van der Waals surface area contributed by atoms with Crippen molar-refractivity contribution < 1.29 is 9.53 Å². The van der Waals surface area contributed by atoms with Gasteiger partial charge in [-0.3, -0.25) is 9.78 Å². The quantitative estimate of drug-likeness (QED) is 0.874. The average Bonchev–Trinajstić information content (AvgIpc) is 2.61. The first kappa shape index (κ1) is 15.3. The van der Waals surface area contributed by atoms with Gasteiger partial charge in [-0.1, -0.05) is 18.2 Å². The zero-order valence-corrected chi connectivity index (χ0v) is 13.5. The minimum absolute atomic E-state index is 0.0226. The number of para-hydroxylation sites is 1. The van der Waals surface area contributed by atoms with E-state index in [0.29, 0.717) is 6.54 Å². The summed E-state index contributed by atoms with van der Waals surface area (Å²) in [7, 11) is 1.67. The van der Waals surface area contributed by atoms with Crippen molar-refractivity contribution >= 4 is 11.6 Å². The standard InChI is InChI=1S/C18H21N3O2/c1-14(22)21-12-11-20(15-7-9-19-10-8-15)13-17(21)16-5-3-4-6-18(16)23-2/h3-10,17H,11-13H2,1-2H3. The third kappa shape index (κ3) is 3.13. The number of aromatic nitrogens is 1. The lowest BCUT2D eigenvalue weighted by atomic mass is 10.0. The van der Waals surface area contributed by atoms with Crippen molar-refractivity contribution in [2.75, 3.05) is 31.6 Å². The van der Waals surface area contributed by atoms with Gasteiger partial charge in [0.15, 0.2) is 0 Å². The molecule has 0 N–H and O–H groups in total. The number of rotatable bonds is 3. The Labute approximate surface area is 136 Å². The molecule has 1 aromatic carbocycles. The fourth-order valence-electron chi connectivity index (χ4n) is 3.16. The van der Waals surface area contributed by atoms with E-state index in [0.717, 1.165) is 30.1 Å². The summed E-state index contributed by atoms with van der Waals surface area (Å²) in [5, 5.41) is 0. The van der Waals surface area contributed by atoms with Gasteiger partial charge in [-0.2, -0.15) is 0 Å². The smallest absolute Gasteiger partial charge is 0.220 e. The highest BCUT2D eigenvalue weighted by Gasteiger charge is 2.31. The Morgan fingerprint density at radius 3 is 2.61 bits per heavy atom. The van der Waals surface area contributed by atoms with Crippen LogP contribution in [0.2, 0.25) is 0 Å². The second-order valence-corrected chi connectivity index (χ2v) is 5.62. The molecule has 0 bridgehead atoms. The summed E-state index contributed by atoms with van der Waals surface area (Å²) in [5.41, 5.74) is 2.17. The number of nitrogens with zero attached hydrogens (tertiary/aromatic N) is 3. The first-order valence-corrected chi connectivity index (χ1v) is 7.76. The Bertz CT molecular complexity index is 675. The predicted molar refractivity (Wildman–Crippen MR) is 89.6 cm³/mol. The molecule has 1 amide bonds. The maximum Gasteiger partial charge on any atom is 0.220 e. The van der Waals surface area contributed by atoms with Crippen LogP contribution in [0.4, 0.5) is 5.69 Å². The van der Waals surface area contributed by atoms with Crippen LogP contribution in [0.25, 0.3) is 0 Å². The third-order valence-corrected chi connectivity index (χ3v) is 4.31. The van der Waals surface area contributed by atoms with Crippen LogP contribution in [-0.4, -0.2) is 42.5 Å². The lowest BCUT2D eigenvalue weighted by Crippen LogP contribution is -2.50. The normalized spacial score (nSPS) is 17.9. The number of pyridine rings is 1. The summed E-state index contributed by atoms with van der Waals surface area (Å²) in [6, 6.07) is 11.9. The second kappa shape index (κ2) is 6.69. The first-order chi connectivity index (χ1) is 11.2. The molecule has 3 rings (SSSR count). The van der Waals surface area contributed by atoms with Gasteiger partial charge in [0, 0.05) is 50.2 Å². The maximum atomic E-state index is 12.1. The topological polar surface area (TPSA) is 45.7 Å². The highest BCUT2D eigenvalue weighted by Crippen LogP contribution is 2.33. The van der Waals surface area contributed by atoms with Crippen LogP contribution in [0.15, 0.2) is 48.8 Å². The van der Waals surface area contributed by atoms with E-state index in [1.54, 1.807) is 26.4 Å². The third-order valence-electron chi connectivity index (χ3n) is 4.31. The number of piperazine rings is 1. The van der Waals surface area contributed by atoms with Crippen LogP contribution >= 0.6 is 0 Å². The van der Waals surface area contributed by atoms with Crippen molar-refractivity contribution in [2.24, 2.45) is 0 Å². The number of anilines is 1. The monoisotopic (exact) mass is 311 g/mol. The van der Waals surface area contributed by atoms with Gasteiger partial charge >= 0.3 is 0 Å². The Morgan fingerprint density at radius 1 is 1.17 bits per heavy atom. The number of carbonyl (C=O) groups is 1. The van der Waals surface area contributed by atoms with Crippen molar-refractivity contribution in [1.29, 1.82) is 0 Å². The molecular weight excluding hydrogens is 290 g/mol. The van der Waals surface area contributed by atoms with Gasteiger partial charge in [-0.25, -0.2) is 0 Å². The van der Waals surface area contributed by atoms with E-state index in [9.17, 15) is 4.79 Å². The number of ether oxygens (including phenoxy) is 1. The lowest BCUT2D eigenvalue weighted by molar-refractivity contribution is -0.131. The largest absolute Gasteiger partial charge is 0.496 e. The number of amides is 1. The van der Waals surface area contributed by atoms with Crippen molar-refractivity contribution in [2.45, 2.75) is 13.0 Å². The number of methoxy groups -OCH3 is 1. The molecular formula is C18H21N3O2. The summed E-state index contributed by atoms with van der Waals surface area (Å²) in [6.45, 7) is 3.88. The van der Waals surface area contributed by atoms with Crippen LogP contribution in [0.1, 0.15) is 18.5 Å². The molecule has 23 heavy (non-hydrogen) atoms. The SMILES string of the molecule is COc1ccccc1C1CN(c2ccncc2)CCN1C(C)=O. The minimum Gasteiger partial charge on any atom is -0.496 e. The van der Waals surface area contributed by atoms with Gasteiger partial charge in [-0.05, 0) is 18.2 Å². The van der Waals surface area contributed by atoms with Crippen LogP contribution in [0, 0.1) is 0 Å². The van der Waals surface area contributed by atoms with Gasteiger partial charge in [0.05, 0.1) is 13.2 Å². The number of hydrogen-bond acceptors (Lipinski definition) is 4. The molecule has 5 nitrogen and oxygen atoms in total. The molecule has 2 heterocycles. The summed E-state index contributed by atoms with van der Waals surface area (Å²) < 4.78 is 5.50. The zero-order chi connectivity index (χ0) is 16.2. The van der Waals surface area contributed by atoms with Crippen LogP contribution in [-0.2, 0) is 4.79 Å². The van der Waals surface area contributed by atoms with Gasteiger partial charge in [0.25, 0.3) is 0 Å². The van der Waals surface area contributed by atoms with Gasteiger partial charge in [0.2, 0.25) is 5.91 Å². The summed E-state index contributed by atoms with van der Waals surface area (Å²) in [4.78, 5) is 20.4. The fourth-order valence-corrected chi connectivity index (χ4v) is 3.16. The van der Waals surface area contributed by atoms with E-state index in [1.807, 2.05) is 41.3 Å². The number of hydrogen-bond donors (Lipinski definition) is 0. The van der Waals surface area contributed by atoms with Crippen molar-refractivity contribution in [1.82, 2.24) is 9.88 Å². The molecule has 1 saturated heterocycles. The average molecular weight is 311 g/mol. The zero-order valence-electron chi connectivity index (χ0n) is 13.5. The van der Waals surface area contributed by atoms with Crippen molar-refractivity contribution in [3.8, 4) is 5.75 Å². The molecule has 0 spiro atoms. The highest BCUT2D eigenvalue weighted by molar-refractivity contribution is 5.74. The van der Waals surface area contributed by atoms with Crippen LogP contribution < -0.4 is 9.64 Å². The minimum atomic E-state index is -0.0226. The van der Waals surface area contributed by atoms with E-state index < -0.39 is 0 Å². The van der Waals surface area contributed by atoms with E-state index >= 15 is 0 Å². The molecule has 0 aliphatic carbocycles. The van der Waals surface area contributed by atoms with Crippen LogP contribution in [0.5, 0.6) is 5.75 Å². The summed E-state index contributed by atoms with van der Waals surface area (Å²) in [6.07, 6.45) is 3.59. The molecule has 1 fully saturated rings. The molecule has 1 aliphatic heterocycles. The van der Waals surface area contributed by atoms with E-state index in [1.165, 1.54) is 0 Å². The van der Waals surface area contributed by atoms with Gasteiger partial charge in [-0.15, -0.1) is 0 Å². The summed E-state index contributed by atoms with van der Waals surface area (Å²) in [5.74, 6) is 0.913. The van der Waals surface area contributed by atoms with Crippen molar-refractivity contribution in [3.63, 3.8) is 0 Å². The van der Waals surface area contributed by atoms with E-state index in [4.69, 9.17) is 4.74 Å².